The lowest BCUT2D eigenvalue weighted by atomic mass is 9.81. The minimum atomic E-state index is -0.374. The van der Waals surface area contributed by atoms with Gasteiger partial charge in [0, 0.05) is 38.4 Å². The van der Waals surface area contributed by atoms with Crippen LogP contribution < -0.4 is 10.6 Å². The Morgan fingerprint density at radius 3 is 2.26 bits per heavy atom. The van der Waals surface area contributed by atoms with Gasteiger partial charge in [-0.05, 0) is 43.9 Å². The van der Waals surface area contributed by atoms with E-state index < -0.39 is 0 Å². The Morgan fingerprint density at radius 2 is 1.74 bits per heavy atom. The summed E-state index contributed by atoms with van der Waals surface area (Å²) in [4.78, 5) is 17.3. The monoisotopic (exact) mass is 317 g/mol. The fourth-order valence-electron chi connectivity index (χ4n) is 3.49. The Labute approximate surface area is 140 Å². The van der Waals surface area contributed by atoms with E-state index in [-0.39, 0.29) is 11.3 Å². The summed E-state index contributed by atoms with van der Waals surface area (Å²) in [6.45, 7) is 12.3. The van der Waals surface area contributed by atoms with Crippen molar-refractivity contribution in [1.29, 1.82) is 0 Å². The molecular weight excluding hydrogens is 286 g/mol. The van der Waals surface area contributed by atoms with Crippen molar-refractivity contribution in [3.05, 3.63) is 29.3 Å². The molecule has 1 amide bonds. The number of carbonyl (C=O) groups excluding carboxylic acids is 1. The number of amides is 1. The van der Waals surface area contributed by atoms with Crippen molar-refractivity contribution >= 4 is 11.6 Å². The molecule has 4 nitrogen and oxygen atoms in total. The number of nitrogens with zero attached hydrogens (tertiary/aromatic N) is 2. The van der Waals surface area contributed by atoms with E-state index in [0.717, 1.165) is 39.0 Å². The predicted molar refractivity (Wildman–Crippen MR) is 96.8 cm³/mol. The third kappa shape index (κ3) is 3.37. The van der Waals surface area contributed by atoms with Gasteiger partial charge in [0.1, 0.15) is 0 Å². The molecule has 4 heteroatoms. The summed E-state index contributed by atoms with van der Waals surface area (Å²) in [5.41, 5.74) is 9.52. The van der Waals surface area contributed by atoms with Crippen molar-refractivity contribution in [2.75, 3.05) is 37.6 Å². The van der Waals surface area contributed by atoms with Gasteiger partial charge in [-0.15, -0.1) is 0 Å². The van der Waals surface area contributed by atoms with Crippen molar-refractivity contribution in [2.45, 2.75) is 40.5 Å². The van der Waals surface area contributed by atoms with Gasteiger partial charge in [-0.25, -0.2) is 0 Å². The first-order valence-electron chi connectivity index (χ1n) is 8.79. The molecule has 0 atom stereocenters. The standard InChI is InChI=1S/C19H31N3O/c1-5-19(6-2,14-20)18(23)22-12-10-21(11-13-22)17-9-7-8-15(3)16(17)4/h7-9H,5-6,10-14,20H2,1-4H3. The number of hydrogen-bond acceptors (Lipinski definition) is 3. The first kappa shape index (κ1) is 17.8. The van der Waals surface area contributed by atoms with Crippen molar-refractivity contribution < 1.29 is 4.79 Å². The molecule has 23 heavy (non-hydrogen) atoms. The van der Waals surface area contributed by atoms with Gasteiger partial charge in [0.2, 0.25) is 5.91 Å². The third-order valence-corrected chi connectivity index (χ3v) is 5.68. The van der Waals surface area contributed by atoms with Crippen LogP contribution in [0.15, 0.2) is 18.2 Å². The smallest absolute Gasteiger partial charge is 0.230 e. The highest BCUT2D eigenvalue weighted by molar-refractivity contribution is 5.83. The van der Waals surface area contributed by atoms with Crippen LogP contribution in [0.1, 0.15) is 37.8 Å². The summed E-state index contributed by atoms with van der Waals surface area (Å²) in [6.07, 6.45) is 1.63. The van der Waals surface area contributed by atoms with E-state index in [9.17, 15) is 4.79 Å². The van der Waals surface area contributed by atoms with Gasteiger partial charge in [-0.3, -0.25) is 4.79 Å². The molecule has 0 spiro atoms. The van der Waals surface area contributed by atoms with E-state index >= 15 is 0 Å². The van der Waals surface area contributed by atoms with E-state index in [2.05, 4.69) is 50.8 Å². The SMILES string of the molecule is CCC(CC)(CN)C(=O)N1CCN(c2cccc(C)c2C)CC1. The van der Waals surface area contributed by atoms with Crippen LogP contribution in [0.3, 0.4) is 0 Å². The second-order valence-electron chi connectivity index (χ2n) is 6.69. The second-order valence-corrected chi connectivity index (χ2v) is 6.69. The van der Waals surface area contributed by atoms with Gasteiger partial charge in [0.15, 0.2) is 0 Å². The maximum atomic E-state index is 12.9. The average Bonchev–Trinajstić information content (AvgIpc) is 2.59. The van der Waals surface area contributed by atoms with Crippen molar-refractivity contribution in [3.63, 3.8) is 0 Å². The summed E-state index contributed by atoms with van der Waals surface area (Å²) in [6, 6.07) is 6.45. The maximum Gasteiger partial charge on any atom is 0.230 e. The molecule has 1 fully saturated rings. The summed E-state index contributed by atoms with van der Waals surface area (Å²) in [7, 11) is 0. The molecule has 1 saturated heterocycles. The van der Waals surface area contributed by atoms with Crippen LogP contribution in [0.4, 0.5) is 5.69 Å². The fraction of sp³-hybridized carbons (Fsp3) is 0.632. The molecule has 0 aromatic heterocycles. The number of benzene rings is 1. The highest BCUT2D eigenvalue weighted by atomic mass is 16.2. The Bertz CT molecular complexity index is 535. The lowest BCUT2D eigenvalue weighted by Gasteiger charge is -2.41. The minimum Gasteiger partial charge on any atom is -0.368 e. The topological polar surface area (TPSA) is 49.6 Å². The molecule has 1 heterocycles. The van der Waals surface area contributed by atoms with Gasteiger partial charge < -0.3 is 15.5 Å². The average molecular weight is 317 g/mol. The van der Waals surface area contributed by atoms with Crippen molar-refractivity contribution in [3.8, 4) is 0 Å². The van der Waals surface area contributed by atoms with E-state index in [0.29, 0.717) is 6.54 Å². The summed E-state index contributed by atoms with van der Waals surface area (Å²) in [5, 5.41) is 0. The summed E-state index contributed by atoms with van der Waals surface area (Å²) in [5.74, 6) is 0.241. The van der Waals surface area contributed by atoms with Crippen LogP contribution in [0, 0.1) is 19.3 Å². The molecule has 2 rings (SSSR count). The number of carbonyl (C=O) groups is 1. The Morgan fingerprint density at radius 1 is 1.13 bits per heavy atom. The van der Waals surface area contributed by atoms with Crippen LogP contribution in [0.5, 0.6) is 0 Å². The highest BCUT2D eigenvalue weighted by Crippen LogP contribution is 2.29. The number of hydrogen-bond donors (Lipinski definition) is 1. The molecule has 1 aliphatic rings. The molecule has 0 aliphatic carbocycles. The Hall–Kier alpha value is -1.55. The molecule has 0 bridgehead atoms. The first-order chi connectivity index (χ1) is 11.0. The van der Waals surface area contributed by atoms with Crippen LogP contribution in [-0.2, 0) is 4.79 Å². The highest BCUT2D eigenvalue weighted by Gasteiger charge is 2.37. The molecular formula is C19H31N3O. The molecule has 2 N–H and O–H groups in total. The predicted octanol–water partition coefficient (Wildman–Crippen LogP) is 2.72. The third-order valence-electron chi connectivity index (χ3n) is 5.68. The van der Waals surface area contributed by atoms with E-state index in [1.54, 1.807) is 0 Å². The molecule has 0 saturated carbocycles. The molecule has 0 radical (unpaired) electrons. The lowest BCUT2D eigenvalue weighted by molar-refractivity contribution is -0.142. The number of nitrogens with two attached hydrogens (primary N) is 1. The van der Waals surface area contributed by atoms with Crippen LogP contribution >= 0.6 is 0 Å². The zero-order valence-corrected chi connectivity index (χ0v) is 15.1. The normalized spacial score (nSPS) is 15.9. The van der Waals surface area contributed by atoms with E-state index in [4.69, 9.17) is 5.73 Å². The minimum absolute atomic E-state index is 0.241. The molecule has 1 aromatic rings. The van der Waals surface area contributed by atoms with Gasteiger partial charge >= 0.3 is 0 Å². The largest absolute Gasteiger partial charge is 0.368 e. The Kier molecular flexibility index (Phi) is 5.69. The zero-order chi connectivity index (χ0) is 17.0. The molecule has 0 unspecified atom stereocenters. The maximum absolute atomic E-state index is 12.9. The molecule has 128 valence electrons. The van der Waals surface area contributed by atoms with Gasteiger partial charge in [-0.2, -0.15) is 0 Å². The number of rotatable bonds is 5. The second kappa shape index (κ2) is 7.35. The van der Waals surface area contributed by atoms with Crippen molar-refractivity contribution in [2.24, 2.45) is 11.1 Å². The van der Waals surface area contributed by atoms with Crippen LogP contribution in [-0.4, -0.2) is 43.5 Å². The fourth-order valence-corrected chi connectivity index (χ4v) is 3.49. The first-order valence-corrected chi connectivity index (χ1v) is 8.79. The zero-order valence-electron chi connectivity index (χ0n) is 15.1. The van der Waals surface area contributed by atoms with E-state index in [1.165, 1.54) is 16.8 Å². The van der Waals surface area contributed by atoms with Gasteiger partial charge in [-0.1, -0.05) is 26.0 Å². The summed E-state index contributed by atoms with van der Waals surface area (Å²) >= 11 is 0. The van der Waals surface area contributed by atoms with Crippen LogP contribution in [0.2, 0.25) is 0 Å². The van der Waals surface area contributed by atoms with Crippen molar-refractivity contribution in [1.82, 2.24) is 4.90 Å². The number of piperazine rings is 1. The number of anilines is 1. The lowest BCUT2D eigenvalue weighted by Crippen LogP contribution is -2.55. The van der Waals surface area contributed by atoms with E-state index in [1.807, 2.05) is 4.90 Å². The van der Waals surface area contributed by atoms with Gasteiger partial charge in [0.25, 0.3) is 0 Å². The molecule has 1 aromatic carbocycles. The van der Waals surface area contributed by atoms with Crippen LogP contribution in [0.25, 0.3) is 0 Å². The molecule has 1 aliphatic heterocycles. The Balaban J connectivity index is 2.06. The van der Waals surface area contributed by atoms with Gasteiger partial charge in [0.05, 0.1) is 5.41 Å². The summed E-state index contributed by atoms with van der Waals surface area (Å²) < 4.78 is 0. The quantitative estimate of drug-likeness (QED) is 0.908. The number of aryl methyl sites for hydroxylation is 1.